The van der Waals surface area contributed by atoms with Gasteiger partial charge in [0.15, 0.2) is 0 Å². The van der Waals surface area contributed by atoms with Gasteiger partial charge in [-0.3, -0.25) is 14.6 Å². The number of pyridine rings is 1. The summed E-state index contributed by atoms with van der Waals surface area (Å²) in [6.45, 7) is 1.97. The second-order valence-electron chi connectivity index (χ2n) is 7.01. The monoisotopic (exact) mass is 331 g/mol. The van der Waals surface area contributed by atoms with Gasteiger partial charge in [0.1, 0.15) is 0 Å². The van der Waals surface area contributed by atoms with E-state index in [9.17, 15) is 14.7 Å². The molecule has 1 aromatic heterocycles. The second-order valence-corrected chi connectivity index (χ2v) is 7.01. The summed E-state index contributed by atoms with van der Waals surface area (Å²) in [6.07, 6.45) is 6.81. The molecule has 2 aliphatic heterocycles. The van der Waals surface area contributed by atoms with Gasteiger partial charge in [-0.25, -0.2) is 0 Å². The van der Waals surface area contributed by atoms with E-state index in [0.29, 0.717) is 32.4 Å². The predicted octanol–water partition coefficient (Wildman–Crippen LogP) is 1.41. The fourth-order valence-electron chi connectivity index (χ4n) is 4.17. The summed E-state index contributed by atoms with van der Waals surface area (Å²) in [6, 6.07) is 3.76. The lowest BCUT2D eigenvalue weighted by Crippen LogP contribution is -2.63. The van der Waals surface area contributed by atoms with Crippen molar-refractivity contribution in [1.29, 1.82) is 0 Å². The van der Waals surface area contributed by atoms with Gasteiger partial charge in [0, 0.05) is 37.9 Å². The summed E-state index contributed by atoms with van der Waals surface area (Å²) < 4.78 is 0. The Morgan fingerprint density at radius 2 is 2.21 bits per heavy atom. The molecule has 130 valence electrons. The van der Waals surface area contributed by atoms with Crippen LogP contribution < -0.4 is 0 Å². The Kier molecular flexibility index (Phi) is 4.85. The zero-order valence-corrected chi connectivity index (χ0v) is 14.1. The first-order chi connectivity index (χ1) is 11.5. The predicted molar refractivity (Wildman–Crippen MR) is 89.5 cm³/mol. The minimum Gasteiger partial charge on any atom is -0.481 e. The van der Waals surface area contributed by atoms with Crippen LogP contribution in [0.3, 0.4) is 0 Å². The highest BCUT2D eigenvalue weighted by molar-refractivity contribution is 5.79. The molecule has 1 amide bonds. The van der Waals surface area contributed by atoms with Crippen molar-refractivity contribution < 1.29 is 14.7 Å². The first kappa shape index (κ1) is 16.9. The van der Waals surface area contributed by atoms with Crippen LogP contribution in [-0.4, -0.2) is 64.5 Å². The van der Waals surface area contributed by atoms with Gasteiger partial charge in [0.2, 0.25) is 5.91 Å². The van der Waals surface area contributed by atoms with E-state index in [4.69, 9.17) is 0 Å². The molecule has 6 heteroatoms. The molecule has 0 spiro atoms. The first-order valence-electron chi connectivity index (χ1n) is 8.63. The van der Waals surface area contributed by atoms with Crippen molar-refractivity contribution >= 4 is 11.9 Å². The van der Waals surface area contributed by atoms with Crippen LogP contribution in [0.25, 0.3) is 0 Å². The highest BCUT2D eigenvalue weighted by Gasteiger charge is 2.52. The Bertz CT molecular complexity index is 607. The number of carboxylic acid groups (broad SMARTS) is 1. The number of aromatic nitrogens is 1. The lowest BCUT2D eigenvalue weighted by molar-refractivity contribution is -0.165. The van der Waals surface area contributed by atoms with Gasteiger partial charge in [-0.2, -0.15) is 0 Å². The van der Waals surface area contributed by atoms with E-state index in [1.165, 1.54) is 0 Å². The SMILES string of the molecule is CN1CCC[C@]2(C(=O)O)CCN(C(=O)CCc3cccnc3)C[C@@H]12. The summed E-state index contributed by atoms with van der Waals surface area (Å²) >= 11 is 0. The van der Waals surface area contributed by atoms with Crippen LogP contribution >= 0.6 is 0 Å². The van der Waals surface area contributed by atoms with Crippen LogP contribution in [-0.2, 0) is 16.0 Å². The van der Waals surface area contributed by atoms with Gasteiger partial charge in [0.05, 0.1) is 5.41 Å². The number of hydrogen-bond acceptors (Lipinski definition) is 4. The summed E-state index contributed by atoms with van der Waals surface area (Å²) in [5, 5.41) is 9.78. The summed E-state index contributed by atoms with van der Waals surface area (Å²) in [7, 11) is 1.98. The van der Waals surface area contributed by atoms with Gasteiger partial charge in [-0.1, -0.05) is 6.07 Å². The highest BCUT2D eigenvalue weighted by Crippen LogP contribution is 2.42. The third-order valence-electron chi connectivity index (χ3n) is 5.65. The molecule has 3 rings (SSSR count). The van der Waals surface area contributed by atoms with E-state index in [0.717, 1.165) is 24.9 Å². The number of aryl methyl sites for hydroxylation is 1. The Morgan fingerprint density at radius 3 is 2.92 bits per heavy atom. The van der Waals surface area contributed by atoms with Crippen molar-refractivity contribution in [2.24, 2.45) is 5.41 Å². The topological polar surface area (TPSA) is 73.7 Å². The van der Waals surface area contributed by atoms with E-state index in [1.54, 1.807) is 12.4 Å². The quantitative estimate of drug-likeness (QED) is 0.903. The minimum atomic E-state index is -0.707. The number of piperidine rings is 2. The number of fused-ring (bicyclic) bond motifs is 1. The van der Waals surface area contributed by atoms with E-state index in [1.807, 2.05) is 24.1 Å². The lowest BCUT2D eigenvalue weighted by Gasteiger charge is -2.51. The number of aliphatic carboxylic acids is 1. The maximum atomic E-state index is 12.6. The number of likely N-dealkylation sites (N-methyl/N-ethyl adjacent to an activating group) is 1. The van der Waals surface area contributed by atoms with Crippen molar-refractivity contribution in [3.05, 3.63) is 30.1 Å². The highest BCUT2D eigenvalue weighted by atomic mass is 16.4. The fourth-order valence-corrected chi connectivity index (χ4v) is 4.17. The smallest absolute Gasteiger partial charge is 0.311 e. The van der Waals surface area contributed by atoms with Gasteiger partial charge in [0.25, 0.3) is 0 Å². The van der Waals surface area contributed by atoms with Gasteiger partial charge in [-0.15, -0.1) is 0 Å². The van der Waals surface area contributed by atoms with E-state index < -0.39 is 11.4 Å². The molecule has 2 aliphatic rings. The minimum absolute atomic E-state index is 0.0835. The van der Waals surface area contributed by atoms with E-state index in [-0.39, 0.29) is 11.9 Å². The molecule has 0 aliphatic carbocycles. The molecule has 0 aromatic carbocycles. The molecule has 6 nitrogen and oxygen atoms in total. The zero-order valence-electron chi connectivity index (χ0n) is 14.1. The molecule has 1 N–H and O–H groups in total. The third-order valence-corrected chi connectivity index (χ3v) is 5.65. The van der Waals surface area contributed by atoms with Gasteiger partial charge in [-0.05, 0) is 50.9 Å². The fraction of sp³-hybridized carbons (Fsp3) is 0.611. The largest absolute Gasteiger partial charge is 0.481 e. The molecule has 2 atom stereocenters. The molecule has 0 bridgehead atoms. The normalized spacial score (nSPS) is 27.5. The second kappa shape index (κ2) is 6.89. The number of nitrogens with zero attached hydrogens (tertiary/aromatic N) is 3. The van der Waals surface area contributed by atoms with Crippen LogP contribution in [0.15, 0.2) is 24.5 Å². The van der Waals surface area contributed by atoms with Crippen LogP contribution in [0.1, 0.15) is 31.2 Å². The molecule has 1 aromatic rings. The zero-order chi connectivity index (χ0) is 17.2. The lowest BCUT2D eigenvalue weighted by atomic mass is 9.68. The average molecular weight is 331 g/mol. The number of carbonyl (C=O) groups excluding carboxylic acids is 1. The van der Waals surface area contributed by atoms with Gasteiger partial charge >= 0.3 is 5.97 Å². The number of hydrogen-bond donors (Lipinski definition) is 1. The van der Waals surface area contributed by atoms with Crippen molar-refractivity contribution in [2.75, 3.05) is 26.7 Å². The van der Waals surface area contributed by atoms with E-state index >= 15 is 0 Å². The van der Waals surface area contributed by atoms with Crippen LogP contribution in [0.2, 0.25) is 0 Å². The van der Waals surface area contributed by atoms with Crippen LogP contribution in [0.4, 0.5) is 0 Å². The molecule has 2 fully saturated rings. The number of rotatable bonds is 4. The number of amides is 1. The van der Waals surface area contributed by atoms with Crippen molar-refractivity contribution in [3.63, 3.8) is 0 Å². The summed E-state index contributed by atoms with van der Waals surface area (Å²) in [5.41, 5.74) is 0.366. The molecule has 0 saturated carbocycles. The molecule has 0 radical (unpaired) electrons. The van der Waals surface area contributed by atoms with Crippen molar-refractivity contribution in [3.8, 4) is 0 Å². The van der Waals surface area contributed by atoms with Crippen LogP contribution in [0, 0.1) is 5.41 Å². The molecule has 0 unspecified atom stereocenters. The van der Waals surface area contributed by atoms with Crippen LogP contribution in [0.5, 0.6) is 0 Å². The Balaban J connectivity index is 1.64. The summed E-state index contributed by atoms with van der Waals surface area (Å²) in [5.74, 6) is -0.599. The average Bonchev–Trinajstić information content (AvgIpc) is 2.60. The Labute approximate surface area is 142 Å². The number of likely N-dealkylation sites (tertiary alicyclic amines) is 2. The van der Waals surface area contributed by atoms with Gasteiger partial charge < -0.3 is 14.9 Å². The molecular formula is C18H25N3O3. The molecule has 3 heterocycles. The standard InChI is InChI=1S/C18H25N3O3/c1-20-10-3-7-18(17(23)24)8-11-21(13-15(18)20)16(22)6-5-14-4-2-9-19-12-14/h2,4,9,12,15H,3,5-8,10-11,13H2,1H3,(H,23,24)/t15-,18+/m1/s1. The maximum Gasteiger partial charge on any atom is 0.311 e. The van der Waals surface area contributed by atoms with E-state index in [2.05, 4.69) is 9.88 Å². The Hall–Kier alpha value is -1.95. The number of carbonyl (C=O) groups is 2. The molecule has 2 saturated heterocycles. The maximum absolute atomic E-state index is 12.6. The molecular weight excluding hydrogens is 306 g/mol. The first-order valence-corrected chi connectivity index (χ1v) is 8.63. The third kappa shape index (κ3) is 3.15. The molecule has 24 heavy (non-hydrogen) atoms. The Morgan fingerprint density at radius 1 is 1.38 bits per heavy atom. The number of carboxylic acids is 1. The van der Waals surface area contributed by atoms with Crippen molar-refractivity contribution in [2.45, 2.75) is 38.1 Å². The van der Waals surface area contributed by atoms with Crippen molar-refractivity contribution in [1.82, 2.24) is 14.8 Å². The summed E-state index contributed by atoms with van der Waals surface area (Å²) in [4.78, 5) is 32.5.